The first kappa shape index (κ1) is 9.78. The van der Waals surface area contributed by atoms with Gasteiger partial charge >= 0.3 is 0 Å². The van der Waals surface area contributed by atoms with E-state index in [1.807, 2.05) is 6.92 Å². The van der Waals surface area contributed by atoms with Crippen LogP contribution in [-0.2, 0) is 4.84 Å². The lowest BCUT2D eigenvalue weighted by Gasteiger charge is -2.05. The minimum Gasteiger partial charge on any atom is -0.399 e. The van der Waals surface area contributed by atoms with E-state index in [1.165, 1.54) is 11.1 Å². The normalized spacial score (nSPS) is 11.5. The quantitative estimate of drug-likeness (QED) is 0.502. The first-order valence-electron chi connectivity index (χ1n) is 4.30. The number of hydrogen-bond donors (Lipinski definition) is 0. The average molecular weight is 177 g/mol. The smallest absolute Gasteiger partial charge is 0.106 e. The van der Waals surface area contributed by atoms with E-state index in [2.05, 4.69) is 37.2 Å². The SMILES string of the molecule is CO/N=C(/C)c1ccc(C)cc1C. The van der Waals surface area contributed by atoms with Gasteiger partial charge in [0.2, 0.25) is 0 Å². The molecule has 0 fully saturated rings. The summed E-state index contributed by atoms with van der Waals surface area (Å²) in [5.41, 5.74) is 4.57. The van der Waals surface area contributed by atoms with Crippen LogP contribution >= 0.6 is 0 Å². The van der Waals surface area contributed by atoms with Gasteiger partial charge in [-0.2, -0.15) is 0 Å². The predicted molar refractivity (Wildman–Crippen MR) is 55.1 cm³/mol. The molecular formula is C11H15NO. The lowest BCUT2D eigenvalue weighted by atomic mass is 10.0. The van der Waals surface area contributed by atoms with E-state index in [1.54, 1.807) is 7.11 Å². The van der Waals surface area contributed by atoms with Crippen molar-refractivity contribution in [3.05, 3.63) is 34.9 Å². The minimum atomic E-state index is 0.917. The minimum absolute atomic E-state index is 0.917. The second-order valence-electron chi connectivity index (χ2n) is 3.18. The molecule has 0 saturated heterocycles. The van der Waals surface area contributed by atoms with Gasteiger partial charge in [-0.15, -0.1) is 0 Å². The highest BCUT2D eigenvalue weighted by Gasteiger charge is 2.01. The summed E-state index contributed by atoms with van der Waals surface area (Å²) in [7, 11) is 1.56. The molecule has 1 aromatic carbocycles. The molecule has 2 nitrogen and oxygen atoms in total. The van der Waals surface area contributed by atoms with Crippen molar-refractivity contribution in [3.8, 4) is 0 Å². The van der Waals surface area contributed by atoms with Crippen molar-refractivity contribution in [3.63, 3.8) is 0 Å². The van der Waals surface area contributed by atoms with Crippen LogP contribution in [0.5, 0.6) is 0 Å². The summed E-state index contributed by atoms with van der Waals surface area (Å²) in [5, 5.41) is 3.90. The summed E-state index contributed by atoms with van der Waals surface area (Å²) >= 11 is 0. The van der Waals surface area contributed by atoms with Crippen LogP contribution in [0.2, 0.25) is 0 Å². The molecule has 0 saturated carbocycles. The van der Waals surface area contributed by atoms with Gasteiger partial charge in [0.1, 0.15) is 7.11 Å². The molecular weight excluding hydrogens is 162 g/mol. The lowest BCUT2D eigenvalue weighted by Crippen LogP contribution is -1.98. The monoisotopic (exact) mass is 177 g/mol. The van der Waals surface area contributed by atoms with E-state index in [9.17, 15) is 0 Å². The maximum absolute atomic E-state index is 4.73. The highest BCUT2D eigenvalue weighted by Crippen LogP contribution is 2.11. The maximum atomic E-state index is 4.73. The molecule has 1 aromatic rings. The topological polar surface area (TPSA) is 21.6 Å². The first-order valence-corrected chi connectivity index (χ1v) is 4.30. The zero-order chi connectivity index (χ0) is 9.84. The Bertz CT molecular complexity index is 329. The third-order valence-electron chi connectivity index (χ3n) is 2.00. The van der Waals surface area contributed by atoms with Crippen LogP contribution in [0.3, 0.4) is 0 Å². The first-order chi connectivity index (χ1) is 6.15. The Labute approximate surface area is 79.2 Å². The molecule has 0 N–H and O–H groups in total. The average Bonchev–Trinajstić information content (AvgIpc) is 2.04. The molecule has 0 aromatic heterocycles. The molecule has 13 heavy (non-hydrogen) atoms. The van der Waals surface area contributed by atoms with Crippen molar-refractivity contribution in [1.29, 1.82) is 0 Å². The van der Waals surface area contributed by atoms with Crippen molar-refractivity contribution < 1.29 is 4.84 Å². The lowest BCUT2D eigenvalue weighted by molar-refractivity contribution is 0.213. The summed E-state index contributed by atoms with van der Waals surface area (Å²) in [6, 6.07) is 6.30. The van der Waals surface area contributed by atoms with Crippen LogP contribution in [-0.4, -0.2) is 12.8 Å². The third-order valence-corrected chi connectivity index (χ3v) is 2.00. The largest absolute Gasteiger partial charge is 0.399 e. The predicted octanol–water partition coefficient (Wildman–Crippen LogP) is 2.67. The maximum Gasteiger partial charge on any atom is 0.106 e. The van der Waals surface area contributed by atoms with Gasteiger partial charge < -0.3 is 4.84 Å². The number of rotatable bonds is 2. The van der Waals surface area contributed by atoms with E-state index >= 15 is 0 Å². The van der Waals surface area contributed by atoms with Crippen LogP contribution in [0.1, 0.15) is 23.6 Å². The molecule has 0 aliphatic heterocycles. The summed E-state index contributed by atoms with van der Waals surface area (Å²) in [5.74, 6) is 0. The zero-order valence-corrected chi connectivity index (χ0v) is 8.59. The van der Waals surface area contributed by atoms with Gasteiger partial charge in [-0.05, 0) is 26.3 Å². The summed E-state index contributed by atoms with van der Waals surface area (Å²) in [6.45, 7) is 6.11. The second-order valence-corrected chi connectivity index (χ2v) is 3.18. The van der Waals surface area contributed by atoms with E-state index in [0.29, 0.717) is 0 Å². The van der Waals surface area contributed by atoms with Crippen LogP contribution in [0, 0.1) is 13.8 Å². The van der Waals surface area contributed by atoms with Crippen molar-refractivity contribution in [2.24, 2.45) is 5.16 Å². The Morgan fingerprint density at radius 3 is 2.54 bits per heavy atom. The molecule has 1 rings (SSSR count). The van der Waals surface area contributed by atoms with Crippen LogP contribution in [0.4, 0.5) is 0 Å². The van der Waals surface area contributed by atoms with E-state index in [0.717, 1.165) is 11.3 Å². The van der Waals surface area contributed by atoms with Gasteiger partial charge in [0.05, 0.1) is 5.71 Å². The van der Waals surface area contributed by atoms with Crippen molar-refractivity contribution >= 4 is 5.71 Å². The highest BCUT2D eigenvalue weighted by molar-refractivity contribution is 5.99. The van der Waals surface area contributed by atoms with Gasteiger partial charge in [0.15, 0.2) is 0 Å². The molecule has 0 spiro atoms. The van der Waals surface area contributed by atoms with Gasteiger partial charge in [0.25, 0.3) is 0 Å². The Hall–Kier alpha value is -1.31. The van der Waals surface area contributed by atoms with Gasteiger partial charge in [-0.25, -0.2) is 0 Å². The third kappa shape index (κ3) is 2.31. The van der Waals surface area contributed by atoms with E-state index in [4.69, 9.17) is 4.84 Å². The Morgan fingerprint density at radius 2 is 2.00 bits per heavy atom. The highest BCUT2D eigenvalue weighted by atomic mass is 16.6. The Balaban J connectivity index is 3.09. The van der Waals surface area contributed by atoms with Crippen molar-refractivity contribution in [1.82, 2.24) is 0 Å². The fourth-order valence-electron chi connectivity index (χ4n) is 1.41. The standard InChI is InChI=1S/C11H15NO/c1-8-5-6-11(9(2)7-8)10(3)12-13-4/h5-7H,1-4H3/b12-10-. The molecule has 0 bridgehead atoms. The fourth-order valence-corrected chi connectivity index (χ4v) is 1.41. The molecule has 0 aliphatic rings. The van der Waals surface area contributed by atoms with E-state index in [-0.39, 0.29) is 0 Å². The van der Waals surface area contributed by atoms with Crippen LogP contribution < -0.4 is 0 Å². The van der Waals surface area contributed by atoms with E-state index < -0.39 is 0 Å². The summed E-state index contributed by atoms with van der Waals surface area (Å²) in [6.07, 6.45) is 0. The van der Waals surface area contributed by atoms with Crippen LogP contribution in [0.15, 0.2) is 23.4 Å². The number of oxime groups is 1. The number of aryl methyl sites for hydroxylation is 2. The Morgan fingerprint density at radius 1 is 1.31 bits per heavy atom. The molecule has 0 unspecified atom stereocenters. The molecule has 0 aliphatic carbocycles. The van der Waals surface area contributed by atoms with Gasteiger partial charge in [0, 0.05) is 5.56 Å². The zero-order valence-electron chi connectivity index (χ0n) is 8.59. The van der Waals surface area contributed by atoms with Crippen molar-refractivity contribution in [2.45, 2.75) is 20.8 Å². The molecule has 0 radical (unpaired) electrons. The molecule has 0 amide bonds. The Kier molecular flexibility index (Phi) is 3.07. The number of hydrogen-bond acceptors (Lipinski definition) is 2. The van der Waals surface area contributed by atoms with Crippen LogP contribution in [0.25, 0.3) is 0 Å². The number of nitrogens with zero attached hydrogens (tertiary/aromatic N) is 1. The molecule has 0 atom stereocenters. The molecule has 2 heteroatoms. The molecule has 70 valence electrons. The fraction of sp³-hybridized carbons (Fsp3) is 0.364. The second kappa shape index (κ2) is 4.08. The summed E-state index contributed by atoms with van der Waals surface area (Å²) in [4.78, 5) is 4.73. The molecule has 0 heterocycles. The van der Waals surface area contributed by atoms with Crippen molar-refractivity contribution in [2.75, 3.05) is 7.11 Å². The van der Waals surface area contributed by atoms with Gasteiger partial charge in [-0.1, -0.05) is 28.9 Å². The summed E-state index contributed by atoms with van der Waals surface area (Å²) < 4.78 is 0. The van der Waals surface area contributed by atoms with Gasteiger partial charge in [-0.3, -0.25) is 0 Å². The number of benzene rings is 1.